The minimum atomic E-state index is -0.272. The Balaban J connectivity index is 1.63. The number of nitrogens with zero attached hydrogens (tertiary/aromatic N) is 2. The molecule has 0 spiro atoms. The Bertz CT molecular complexity index is 1060. The van der Waals surface area contributed by atoms with Crippen LogP contribution in [0.1, 0.15) is 21.6 Å². The molecule has 3 heterocycles. The van der Waals surface area contributed by atoms with E-state index in [0.717, 1.165) is 15.8 Å². The number of halogens is 1. The molecule has 4 rings (SSSR count). The largest absolute Gasteiger partial charge is 0.347 e. The summed E-state index contributed by atoms with van der Waals surface area (Å²) in [4.78, 5) is 16.8. The third-order valence-corrected chi connectivity index (χ3v) is 5.07. The van der Waals surface area contributed by atoms with Crippen LogP contribution in [0.3, 0.4) is 0 Å². The van der Waals surface area contributed by atoms with Crippen LogP contribution in [0.25, 0.3) is 10.2 Å². The van der Waals surface area contributed by atoms with E-state index in [9.17, 15) is 9.18 Å². The highest BCUT2D eigenvalue weighted by molar-refractivity contribution is 7.17. The fraction of sp³-hybridized carbons (Fsp3) is 0.100. The van der Waals surface area contributed by atoms with Gasteiger partial charge in [0.2, 0.25) is 0 Å². The summed E-state index contributed by atoms with van der Waals surface area (Å²) in [7, 11) is 0. The van der Waals surface area contributed by atoms with E-state index in [2.05, 4.69) is 10.3 Å². The first-order valence-corrected chi connectivity index (χ1v) is 9.07. The van der Waals surface area contributed by atoms with Crippen LogP contribution in [0, 0.1) is 5.82 Å². The Morgan fingerprint density at radius 3 is 2.88 bits per heavy atom. The molecule has 0 bridgehead atoms. The number of hydrogen-bond acceptors (Lipinski definition) is 3. The zero-order chi connectivity index (χ0) is 17.9. The molecule has 0 unspecified atom stereocenters. The summed E-state index contributed by atoms with van der Waals surface area (Å²) >= 11 is 1.56. The Hall–Kier alpha value is -2.99. The highest BCUT2D eigenvalue weighted by Gasteiger charge is 2.17. The minimum absolute atomic E-state index is 0.186. The van der Waals surface area contributed by atoms with Crippen molar-refractivity contribution in [3.05, 3.63) is 88.9 Å². The summed E-state index contributed by atoms with van der Waals surface area (Å²) in [5, 5.41) is 4.89. The molecule has 26 heavy (non-hydrogen) atoms. The maximum Gasteiger partial charge on any atom is 0.268 e. The van der Waals surface area contributed by atoms with Crippen LogP contribution in [-0.4, -0.2) is 15.5 Å². The summed E-state index contributed by atoms with van der Waals surface area (Å²) in [6, 6.07) is 14.2. The summed E-state index contributed by atoms with van der Waals surface area (Å²) < 4.78 is 17.0. The third kappa shape index (κ3) is 3.23. The lowest BCUT2D eigenvalue weighted by Gasteiger charge is -2.11. The molecule has 6 heteroatoms. The number of pyridine rings is 1. The van der Waals surface area contributed by atoms with Crippen LogP contribution >= 0.6 is 11.3 Å². The maximum atomic E-state index is 14.1. The molecule has 130 valence electrons. The van der Waals surface area contributed by atoms with Crippen molar-refractivity contribution < 1.29 is 9.18 Å². The first-order chi connectivity index (χ1) is 12.7. The predicted molar refractivity (Wildman–Crippen MR) is 101 cm³/mol. The molecule has 3 aromatic heterocycles. The van der Waals surface area contributed by atoms with Gasteiger partial charge in [0.25, 0.3) is 5.91 Å². The molecule has 0 saturated carbocycles. The topological polar surface area (TPSA) is 46.9 Å². The normalized spacial score (nSPS) is 11.0. The number of carbonyl (C=O) groups excluding carboxylic acids is 1. The van der Waals surface area contributed by atoms with Gasteiger partial charge < -0.3 is 9.88 Å². The van der Waals surface area contributed by atoms with E-state index in [0.29, 0.717) is 24.3 Å². The number of carbonyl (C=O) groups is 1. The van der Waals surface area contributed by atoms with Crippen molar-refractivity contribution >= 4 is 27.5 Å². The van der Waals surface area contributed by atoms with Crippen LogP contribution < -0.4 is 5.32 Å². The van der Waals surface area contributed by atoms with Crippen molar-refractivity contribution in [1.29, 1.82) is 0 Å². The van der Waals surface area contributed by atoms with Crippen molar-refractivity contribution in [2.75, 3.05) is 0 Å². The van der Waals surface area contributed by atoms with Gasteiger partial charge in [0.1, 0.15) is 11.5 Å². The summed E-state index contributed by atoms with van der Waals surface area (Å²) in [5.41, 5.74) is 2.94. The second kappa shape index (κ2) is 7.09. The van der Waals surface area contributed by atoms with Crippen LogP contribution in [0.15, 0.2) is 66.3 Å². The van der Waals surface area contributed by atoms with Gasteiger partial charge in [-0.2, -0.15) is 0 Å². The zero-order valence-corrected chi connectivity index (χ0v) is 14.7. The Labute approximate surface area is 153 Å². The lowest BCUT2D eigenvalue weighted by Crippen LogP contribution is -2.25. The predicted octanol–water partition coefficient (Wildman–Crippen LogP) is 4.22. The summed E-state index contributed by atoms with van der Waals surface area (Å²) in [5.74, 6) is -0.458. The van der Waals surface area contributed by atoms with E-state index in [1.807, 2.05) is 34.2 Å². The second-order valence-corrected chi connectivity index (χ2v) is 6.87. The average Bonchev–Trinajstić information content (AvgIpc) is 3.25. The fourth-order valence-electron chi connectivity index (χ4n) is 2.91. The molecular weight excluding hydrogens is 349 g/mol. The van der Waals surface area contributed by atoms with Crippen LogP contribution in [0.4, 0.5) is 4.39 Å². The number of thiophene rings is 1. The van der Waals surface area contributed by atoms with E-state index < -0.39 is 0 Å². The SMILES string of the molecule is O=C(NCc1cccnc1)c1cc2sccc2n1Cc1ccccc1F. The molecule has 1 aromatic carbocycles. The van der Waals surface area contributed by atoms with Crippen LogP contribution in [-0.2, 0) is 13.1 Å². The van der Waals surface area contributed by atoms with Gasteiger partial charge in [-0.05, 0) is 35.2 Å². The van der Waals surface area contributed by atoms with E-state index in [1.165, 1.54) is 6.07 Å². The van der Waals surface area contributed by atoms with E-state index >= 15 is 0 Å². The quantitative estimate of drug-likeness (QED) is 0.576. The molecule has 1 amide bonds. The third-order valence-electron chi connectivity index (χ3n) is 4.22. The molecular formula is C20H16FN3OS. The first-order valence-electron chi connectivity index (χ1n) is 8.19. The summed E-state index contributed by atoms with van der Waals surface area (Å²) in [6.07, 6.45) is 3.41. The molecule has 0 aliphatic heterocycles. The number of fused-ring (bicyclic) bond motifs is 1. The van der Waals surface area contributed by atoms with Crippen LogP contribution in [0.2, 0.25) is 0 Å². The highest BCUT2D eigenvalue weighted by atomic mass is 32.1. The maximum absolute atomic E-state index is 14.1. The molecule has 0 radical (unpaired) electrons. The van der Waals surface area contributed by atoms with Crippen molar-refractivity contribution in [1.82, 2.24) is 14.9 Å². The Morgan fingerprint density at radius 2 is 2.08 bits per heavy atom. The molecule has 0 atom stereocenters. The standard InChI is InChI=1S/C20H16FN3OS/c21-16-6-2-1-5-15(16)13-24-17-7-9-26-19(17)10-18(24)20(25)23-12-14-4-3-8-22-11-14/h1-11H,12-13H2,(H,23,25). The molecule has 1 N–H and O–H groups in total. The van der Waals surface area contributed by atoms with Crippen molar-refractivity contribution in [2.24, 2.45) is 0 Å². The molecule has 4 nitrogen and oxygen atoms in total. The van der Waals surface area contributed by atoms with Gasteiger partial charge >= 0.3 is 0 Å². The zero-order valence-electron chi connectivity index (χ0n) is 13.9. The first kappa shape index (κ1) is 16.5. The minimum Gasteiger partial charge on any atom is -0.347 e. The Kier molecular flexibility index (Phi) is 4.50. The Morgan fingerprint density at radius 1 is 1.19 bits per heavy atom. The number of rotatable bonds is 5. The van der Waals surface area contributed by atoms with Crippen molar-refractivity contribution in [3.8, 4) is 0 Å². The smallest absolute Gasteiger partial charge is 0.268 e. The van der Waals surface area contributed by atoms with Gasteiger partial charge in [-0.1, -0.05) is 24.3 Å². The second-order valence-electron chi connectivity index (χ2n) is 5.92. The van der Waals surface area contributed by atoms with E-state index in [1.54, 1.807) is 41.9 Å². The van der Waals surface area contributed by atoms with E-state index in [4.69, 9.17) is 0 Å². The average molecular weight is 365 g/mol. The highest BCUT2D eigenvalue weighted by Crippen LogP contribution is 2.26. The van der Waals surface area contributed by atoms with Gasteiger partial charge in [0.05, 0.1) is 16.8 Å². The van der Waals surface area contributed by atoms with E-state index in [-0.39, 0.29) is 11.7 Å². The number of nitrogens with one attached hydrogen (secondary N) is 1. The molecule has 0 aliphatic rings. The fourth-order valence-corrected chi connectivity index (χ4v) is 3.73. The van der Waals surface area contributed by atoms with Gasteiger partial charge in [-0.3, -0.25) is 9.78 Å². The molecule has 4 aromatic rings. The number of benzene rings is 1. The number of amides is 1. The lowest BCUT2D eigenvalue weighted by atomic mass is 10.2. The molecule has 0 saturated heterocycles. The monoisotopic (exact) mass is 365 g/mol. The van der Waals surface area contributed by atoms with Gasteiger partial charge in [0.15, 0.2) is 0 Å². The van der Waals surface area contributed by atoms with Crippen LogP contribution in [0.5, 0.6) is 0 Å². The molecule has 0 fully saturated rings. The number of hydrogen-bond donors (Lipinski definition) is 1. The van der Waals surface area contributed by atoms with Gasteiger partial charge in [-0.25, -0.2) is 4.39 Å². The van der Waals surface area contributed by atoms with Gasteiger partial charge in [-0.15, -0.1) is 11.3 Å². The van der Waals surface area contributed by atoms with Crippen molar-refractivity contribution in [3.63, 3.8) is 0 Å². The summed E-state index contributed by atoms with van der Waals surface area (Å²) in [6.45, 7) is 0.702. The lowest BCUT2D eigenvalue weighted by molar-refractivity contribution is 0.0942. The van der Waals surface area contributed by atoms with Crippen molar-refractivity contribution in [2.45, 2.75) is 13.1 Å². The number of aromatic nitrogens is 2. The van der Waals surface area contributed by atoms with Gasteiger partial charge in [0, 0.05) is 24.5 Å². The molecule has 0 aliphatic carbocycles.